The van der Waals surface area contributed by atoms with Gasteiger partial charge < -0.3 is 10.6 Å². The van der Waals surface area contributed by atoms with E-state index >= 15 is 0 Å². The SMILES string of the molecule is CCn1ncc(Cn2cc(NC(=S)NCc3ccccc3)cn2)c1C. The maximum Gasteiger partial charge on any atom is 0.171 e. The Labute approximate surface area is 152 Å². The first-order valence-electron chi connectivity index (χ1n) is 8.28. The van der Waals surface area contributed by atoms with E-state index in [1.54, 1.807) is 6.20 Å². The molecule has 1 aromatic carbocycles. The number of nitrogens with zero attached hydrogens (tertiary/aromatic N) is 4. The summed E-state index contributed by atoms with van der Waals surface area (Å²) in [4.78, 5) is 0. The van der Waals surface area contributed by atoms with Crippen molar-refractivity contribution in [1.82, 2.24) is 24.9 Å². The summed E-state index contributed by atoms with van der Waals surface area (Å²) in [5.74, 6) is 0. The van der Waals surface area contributed by atoms with Crippen molar-refractivity contribution in [3.63, 3.8) is 0 Å². The Morgan fingerprint density at radius 3 is 2.68 bits per heavy atom. The lowest BCUT2D eigenvalue weighted by molar-refractivity contribution is 0.633. The second-order valence-electron chi connectivity index (χ2n) is 5.79. The molecule has 0 bridgehead atoms. The lowest BCUT2D eigenvalue weighted by atomic mass is 10.2. The minimum absolute atomic E-state index is 0.582. The Morgan fingerprint density at radius 1 is 1.16 bits per heavy atom. The molecule has 2 heterocycles. The van der Waals surface area contributed by atoms with Gasteiger partial charge in [-0.1, -0.05) is 30.3 Å². The molecule has 2 aromatic heterocycles. The van der Waals surface area contributed by atoms with Gasteiger partial charge >= 0.3 is 0 Å². The lowest BCUT2D eigenvalue weighted by Crippen LogP contribution is -2.27. The Hall–Kier alpha value is -2.67. The molecule has 2 N–H and O–H groups in total. The van der Waals surface area contributed by atoms with Crippen LogP contribution in [0.1, 0.15) is 23.7 Å². The lowest BCUT2D eigenvalue weighted by Gasteiger charge is -2.08. The third kappa shape index (κ3) is 4.45. The van der Waals surface area contributed by atoms with Crippen molar-refractivity contribution >= 4 is 23.0 Å². The zero-order valence-electron chi connectivity index (χ0n) is 14.4. The van der Waals surface area contributed by atoms with Gasteiger partial charge in [0.25, 0.3) is 0 Å². The smallest absolute Gasteiger partial charge is 0.171 e. The van der Waals surface area contributed by atoms with Crippen LogP contribution in [-0.2, 0) is 19.6 Å². The van der Waals surface area contributed by atoms with Crippen LogP contribution in [0, 0.1) is 6.92 Å². The van der Waals surface area contributed by atoms with Gasteiger partial charge in [0.2, 0.25) is 0 Å². The van der Waals surface area contributed by atoms with E-state index in [1.165, 1.54) is 16.8 Å². The number of aromatic nitrogens is 4. The fourth-order valence-corrected chi connectivity index (χ4v) is 2.79. The van der Waals surface area contributed by atoms with Crippen molar-refractivity contribution in [2.45, 2.75) is 33.5 Å². The summed E-state index contributed by atoms with van der Waals surface area (Å²) in [5.41, 5.74) is 4.39. The summed E-state index contributed by atoms with van der Waals surface area (Å²) in [6.07, 6.45) is 5.62. The van der Waals surface area contributed by atoms with Crippen molar-refractivity contribution < 1.29 is 0 Å². The van der Waals surface area contributed by atoms with Crippen LogP contribution in [-0.4, -0.2) is 24.7 Å². The highest BCUT2D eigenvalue weighted by atomic mass is 32.1. The van der Waals surface area contributed by atoms with Gasteiger partial charge in [0.1, 0.15) is 0 Å². The molecule has 3 rings (SSSR count). The molecule has 3 aromatic rings. The third-order valence-electron chi connectivity index (χ3n) is 4.02. The van der Waals surface area contributed by atoms with Crippen LogP contribution in [0.3, 0.4) is 0 Å². The Balaban J connectivity index is 1.54. The average molecular weight is 354 g/mol. The van der Waals surface area contributed by atoms with Gasteiger partial charge in [0.05, 0.1) is 24.6 Å². The number of nitrogens with one attached hydrogen (secondary N) is 2. The van der Waals surface area contributed by atoms with Gasteiger partial charge in [-0.15, -0.1) is 0 Å². The number of hydrogen-bond donors (Lipinski definition) is 2. The first kappa shape index (κ1) is 17.2. The zero-order valence-corrected chi connectivity index (χ0v) is 15.3. The summed E-state index contributed by atoms with van der Waals surface area (Å²) in [5, 5.41) is 15.7. The number of thiocarbonyl (C=S) groups is 1. The molecule has 0 saturated carbocycles. The van der Waals surface area contributed by atoms with Crippen molar-refractivity contribution in [3.8, 4) is 0 Å². The van der Waals surface area contributed by atoms with Crippen molar-refractivity contribution in [1.29, 1.82) is 0 Å². The molecule has 0 spiro atoms. The molecule has 130 valence electrons. The Kier molecular flexibility index (Phi) is 5.45. The largest absolute Gasteiger partial charge is 0.358 e. The van der Waals surface area contributed by atoms with Gasteiger partial charge in [-0.2, -0.15) is 10.2 Å². The van der Waals surface area contributed by atoms with E-state index in [0.717, 1.165) is 12.2 Å². The quantitative estimate of drug-likeness (QED) is 0.667. The van der Waals surface area contributed by atoms with E-state index in [0.29, 0.717) is 18.2 Å². The fourth-order valence-electron chi connectivity index (χ4n) is 2.60. The number of rotatable bonds is 6. The highest BCUT2D eigenvalue weighted by Gasteiger charge is 2.07. The molecule has 25 heavy (non-hydrogen) atoms. The topological polar surface area (TPSA) is 59.7 Å². The summed E-state index contributed by atoms with van der Waals surface area (Å²) >= 11 is 5.34. The first-order chi connectivity index (χ1) is 12.2. The highest BCUT2D eigenvalue weighted by Crippen LogP contribution is 2.11. The predicted octanol–water partition coefficient (Wildman–Crippen LogP) is 2.94. The summed E-state index contributed by atoms with van der Waals surface area (Å²) < 4.78 is 3.87. The monoisotopic (exact) mass is 354 g/mol. The van der Waals surface area contributed by atoms with E-state index in [1.807, 2.05) is 40.0 Å². The van der Waals surface area contributed by atoms with Crippen LogP contribution in [0.15, 0.2) is 48.9 Å². The molecule has 0 fully saturated rings. The molecular formula is C18H22N6S. The molecule has 0 unspecified atom stereocenters. The third-order valence-corrected chi connectivity index (χ3v) is 4.27. The predicted molar refractivity (Wildman–Crippen MR) is 103 cm³/mol. The number of aryl methyl sites for hydroxylation is 1. The maximum atomic E-state index is 5.34. The van der Waals surface area contributed by atoms with Crippen molar-refractivity contribution in [2.75, 3.05) is 5.32 Å². The first-order valence-corrected chi connectivity index (χ1v) is 8.69. The van der Waals surface area contributed by atoms with Crippen LogP contribution in [0.25, 0.3) is 0 Å². The molecule has 0 amide bonds. The number of anilines is 1. The van der Waals surface area contributed by atoms with Gasteiger partial charge in [-0.25, -0.2) is 0 Å². The fraction of sp³-hybridized carbons (Fsp3) is 0.278. The van der Waals surface area contributed by atoms with Gasteiger partial charge in [-0.3, -0.25) is 9.36 Å². The molecule has 0 aliphatic rings. The molecule has 0 radical (unpaired) electrons. The molecule has 6 nitrogen and oxygen atoms in total. The summed E-state index contributed by atoms with van der Waals surface area (Å²) in [7, 11) is 0. The molecule has 0 atom stereocenters. The van der Waals surface area contributed by atoms with Crippen LogP contribution >= 0.6 is 12.2 Å². The van der Waals surface area contributed by atoms with Crippen LogP contribution in [0.5, 0.6) is 0 Å². The van der Waals surface area contributed by atoms with E-state index in [2.05, 4.69) is 46.8 Å². The van der Waals surface area contributed by atoms with E-state index in [4.69, 9.17) is 12.2 Å². The van der Waals surface area contributed by atoms with E-state index < -0.39 is 0 Å². The van der Waals surface area contributed by atoms with Gasteiger partial charge in [-0.05, 0) is 31.6 Å². The Bertz CT molecular complexity index is 836. The number of benzene rings is 1. The van der Waals surface area contributed by atoms with Crippen LogP contribution < -0.4 is 10.6 Å². The van der Waals surface area contributed by atoms with E-state index in [-0.39, 0.29) is 0 Å². The summed E-state index contributed by atoms with van der Waals surface area (Å²) in [6.45, 7) is 6.42. The maximum absolute atomic E-state index is 5.34. The second kappa shape index (κ2) is 7.94. The molecule has 7 heteroatoms. The van der Waals surface area contributed by atoms with Crippen LogP contribution in [0.2, 0.25) is 0 Å². The van der Waals surface area contributed by atoms with Gasteiger partial charge in [0, 0.05) is 30.5 Å². The van der Waals surface area contributed by atoms with Crippen molar-refractivity contribution in [3.05, 3.63) is 65.7 Å². The number of hydrogen-bond acceptors (Lipinski definition) is 3. The zero-order chi connectivity index (χ0) is 17.6. The standard InChI is InChI=1S/C18H22N6S/c1-3-24-14(2)16(10-21-24)12-23-13-17(11-20-23)22-18(25)19-9-15-7-5-4-6-8-15/h4-8,10-11,13H,3,9,12H2,1-2H3,(H2,19,22,25). The minimum Gasteiger partial charge on any atom is -0.358 e. The van der Waals surface area contributed by atoms with Crippen LogP contribution in [0.4, 0.5) is 5.69 Å². The van der Waals surface area contributed by atoms with Gasteiger partial charge in [0.15, 0.2) is 5.11 Å². The van der Waals surface area contributed by atoms with E-state index in [9.17, 15) is 0 Å². The second-order valence-corrected chi connectivity index (χ2v) is 6.20. The normalized spacial score (nSPS) is 10.6. The molecular weight excluding hydrogens is 332 g/mol. The Morgan fingerprint density at radius 2 is 1.96 bits per heavy atom. The molecule has 0 aliphatic heterocycles. The summed E-state index contributed by atoms with van der Waals surface area (Å²) in [6, 6.07) is 10.2. The van der Waals surface area contributed by atoms with Crippen molar-refractivity contribution in [2.24, 2.45) is 0 Å². The molecule has 0 saturated heterocycles. The molecule has 0 aliphatic carbocycles. The average Bonchev–Trinajstić information content (AvgIpc) is 3.21. The highest BCUT2D eigenvalue weighted by molar-refractivity contribution is 7.80. The minimum atomic E-state index is 0.582.